The Kier molecular flexibility index (Phi) is 5.02. The van der Waals surface area contributed by atoms with Gasteiger partial charge in [-0.25, -0.2) is 4.79 Å². The van der Waals surface area contributed by atoms with Crippen molar-refractivity contribution < 1.29 is 18.7 Å². The molecule has 0 saturated heterocycles. The molecular formula is C23H24N2O5S. The van der Waals surface area contributed by atoms with Crippen molar-refractivity contribution in [1.29, 1.82) is 0 Å². The zero-order valence-electron chi connectivity index (χ0n) is 18.0. The van der Waals surface area contributed by atoms with Gasteiger partial charge in [-0.15, -0.1) is 11.3 Å². The third-order valence-corrected chi connectivity index (χ3v) is 6.86. The van der Waals surface area contributed by atoms with Crippen LogP contribution in [0.1, 0.15) is 58.9 Å². The summed E-state index contributed by atoms with van der Waals surface area (Å²) in [6, 6.07) is 6.73. The summed E-state index contributed by atoms with van der Waals surface area (Å²) in [6.07, 6.45) is 1.75. The maximum absolute atomic E-state index is 13.0. The van der Waals surface area contributed by atoms with Crippen LogP contribution >= 0.6 is 11.3 Å². The minimum absolute atomic E-state index is 0.126. The highest BCUT2D eigenvalue weighted by atomic mass is 32.1. The van der Waals surface area contributed by atoms with E-state index in [1.807, 2.05) is 13.8 Å². The lowest BCUT2D eigenvalue weighted by atomic mass is 9.81. The van der Waals surface area contributed by atoms with Crippen LogP contribution in [-0.4, -0.2) is 24.5 Å². The molecule has 7 nitrogen and oxygen atoms in total. The first-order valence-electron chi connectivity index (χ1n) is 9.90. The number of para-hydroxylation sites is 1. The predicted molar refractivity (Wildman–Crippen MR) is 120 cm³/mol. The Labute approximate surface area is 183 Å². The molecule has 0 atom stereocenters. The summed E-state index contributed by atoms with van der Waals surface area (Å²) in [5, 5.41) is 7.02. The highest BCUT2D eigenvalue weighted by Crippen LogP contribution is 2.45. The van der Waals surface area contributed by atoms with Gasteiger partial charge in [-0.2, -0.15) is 0 Å². The van der Waals surface area contributed by atoms with Gasteiger partial charge in [0.1, 0.15) is 22.4 Å². The summed E-state index contributed by atoms with van der Waals surface area (Å²) in [5.41, 5.74) is 0.384. The SMILES string of the molecule is COC(=O)c1c(NC(=O)c2coc3ccccc3c2=O)sc2c1CC(C)(C)NC2(C)C. The van der Waals surface area contributed by atoms with Gasteiger partial charge in [0.25, 0.3) is 5.91 Å². The van der Waals surface area contributed by atoms with Crippen molar-refractivity contribution in [1.82, 2.24) is 5.32 Å². The molecule has 31 heavy (non-hydrogen) atoms. The molecule has 1 amide bonds. The second kappa shape index (κ2) is 7.32. The van der Waals surface area contributed by atoms with Crippen molar-refractivity contribution in [3.05, 3.63) is 62.3 Å². The topological polar surface area (TPSA) is 97.6 Å². The van der Waals surface area contributed by atoms with Crippen LogP contribution in [0, 0.1) is 0 Å². The second-order valence-electron chi connectivity index (χ2n) is 8.84. The fraction of sp³-hybridized carbons (Fsp3) is 0.348. The summed E-state index contributed by atoms with van der Waals surface area (Å²) in [4.78, 5) is 39.4. The average Bonchev–Trinajstić information content (AvgIpc) is 3.04. The number of methoxy groups -OCH3 is 1. The molecule has 3 heterocycles. The quantitative estimate of drug-likeness (QED) is 0.596. The van der Waals surface area contributed by atoms with Crippen molar-refractivity contribution in [3.63, 3.8) is 0 Å². The van der Waals surface area contributed by atoms with E-state index >= 15 is 0 Å². The molecule has 1 aliphatic heterocycles. The van der Waals surface area contributed by atoms with Gasteiger partial charge >= 0.3 is 5.97 Å². The molecule has 0 radical (unpaired) electrons. The van der Waals surface area contributed by atoms with E-state index in [-0.39, 0.29) is 11.1 Å². The van der Waals surface area contributed by atoms with Crippen LogP contribution in [0.4, 0.5) is 5.00 Å². The standard InChI is InChI=1S/C23H24N2O5S/c1-22(2)10-13-16(21(28)29-5)20(31-18(13)23(3,4)25-22)24-19(27)14-11-30-15-9-7-6-8-12(15)17(14)26/h6-9,11,25H,10H2,1-5H3,(H,24,27). The minimum atomic E-state index is -0.631. The van der Waals surface area contributed by atoms with Crippen LogP contribution in [0.5, 0.6) is 0 Å². The minimum Gasteiger partial charge on any atom is -0.465 e. The third-order valence-electron chi connectivity index (χ3n) is 5.39. The lowest BCUT2D eigenvalue weighted by molar-refractivity contribution is 0.0600. The predicted octanol–water partition coefficient (Wildman–Crippen LogP) is 4.05. The molecule has 1 aliphatic rings. The van der Waals surface area contributed by atoms with Crippen LogP contribution in [0.25, 0.3) is 11.0 Å². The second-order valence-corrected chi connectivity index (χ2v) is 9.87. The number of carbonyl (C=O) groups excluding carboxylic acids is 2. The van der Waals surface area contributed by atoms with Crippen molar-refractivity contribution in [2.45, 2.75) is 45.2 Å². The van der Waals surface area contributed by atoms with Gasteiger partial charge in [0.05, 0.1) is 18.1 Å². The first-order valence-corrected chi connectivity index (χ1v) is 10.7. The molecule has 0 fully saturated rings. The van der Waals surface area contributed by atoms with Gasteiger partial charge in [-0.1, -0.05) is 12.1 Å². The monoisotopic (exact) mass is 440 g/mol. The zero-order chi connectivity index (χ0) is 22.6. The Morgan fingerprint density at radius 2 is 1.90 bits per heavy atom. The Morgan fingerprint density at radius 1 is 1.19 bits per heavy atom. The van der Waals surface area contributed by atoms with E-state index in [4.69, 9.17) is 9.15 Å². The van der Waals surface area contributed by atoms with Crippen LogP contribution in [-0.2, 0) is 16.7 Å². The van der Waals surface area contributed by atoms with Gasteiger partial charge < -0.3 is 19.8 Å². The number of hydrogen-bond donors (Lipinski definition) is 2. The van der Waals surface area contributed by atoms with Crippen molar-refractivity contribution in [3.8, 4) is 0 Å². The smallest absolute Gasteiger partial charge is 0.341 e. The van der Waals surface area contributed by atoms with Crippen molar-refractivity contribution >= 4 is 39.2 Å². The molecule has 0 aliphatic carbocycles. The van der Waals surface area contributed by atoms with E-state index in [0.29, 0.717) is 28.0 Å². The van der Waals surface area contributed by atoms with E-state index < -0.39 is 22.8 Å². The fourth-order valence-electron chi connectivity index (χ4n) is 4.34. The molecule has 1 aromatic carbocycles. The number of carbonyl (C=O) groups is 2. The molecule has 2 N–H and O–H groups in total. The number of rotatable bonds is 3. The van der Waals surface area contributed by atoms with Gasteiger partial charge in [0, 0.05) is 16.0 Å². The van der Waals surface area contributed by atoms with Crippen molar-refractivity contribution in [2.75, 3.05) is 12.4 Å². The van der Waals surface area contributed by atoms with Gasteiger partial charge in [-0.3, -0.25) is 9.59 Å². The van der Waals surface area contributed by atoms with Gasteiger partial charge in [-0.05, 0) is 51.8 Å². The summed E-state index contributed by atoms with van der Waals surface area (Å²) in [5.74, 6) is -1.15. The summed E-state index contributed by atoms with van der Waals surface area (Å²) < 4.78 is 10.5. The maximum Gasteiger partial charge on any atom is 0.341 e. The first kappa shape index (κ1) is 21.3. The van der Waals surface area contributed by atoms with Gasteiger partial charge in [0.15, 0.2) is 0 Å². The number of nitrogens with one attached hydrogen (secondary N) is 2. The average molecular weight is 441 g/mol. The van der Waals surface area contributed by atoms with E-state index in [1.54, 1.807) is 24.3 Å². The summed E-state index contributed by atoms with van der Waals surface area (Å²) in [7, 11) is 1.31. The number of fused-ring (bicyclic) bond motifs is 2. The Morgan fingerprint density at radius 3 is 2.61 bits per heavy atom. The Balaban J connectivity index is 1.80. The fourth-order valence-corrected chi connectivity index (χ4v) is 5.60. The molecule has 2 aromatic heterocycles. The number of ether oxygens (including phenoxy) is 1. The molecule has 8 heteroatoms. The molecule has 3 aromatic rings. The van der Waals surface area contributed by atoms with E-state index in [0.717, 1.165) is 16.7 Å². The number of esters is 1. The highest BCUT2D eigenvalue weighted by molar-refractivity contribution is 7.17. The molecule has 0 spiro atoms. The number of thiophene rings is 1. The number of anilines is 1. The van der Waals surface area contributed by atoms with Gasteiger partial charge in [0.2, 0.25) is 5.43 Å². The van der Waals surface area contributed by atoms with Crippen LogP contribution < -0.4 is 16.1 Å². The maximum atomic E-state index is 13.0. The molecule has 0 unspecified atom stereocenters. The van der Waals surface area contributed by atoms with Crippen LogP contribution in [0.15, 0.2) is 39.7 Å². The lowest BCUT2D eigenvalue weighted by Crippen LogP contribution is -2.55. The summed E-state index contributed by atoms with van der Waals surface area (Å²) >= 11 is 1.32. The zero-order valence-corrected chi connectivity index (χ0v) is 18.9. The molecule has 162 valence electrons. The normalized spacial score (nSPS) is 16.5. The summed E-state index contributed by atoms with van der Waals surface area (Å²) in [6.45, 7) is 8.20. The molecule has 0 bridgehead atoms. The Bertz CT molecular complexity index is 1270. The van der Waals surface area contributed by atoms with E-state index in [9.17, 15) is 14.4 Å². The highest BCUT2D eigenvalue weighted by Gasteiger charge is 2.42. The van der Waals surface area contributed by atoms with Crippen molar-refractivity contribution in [2.24, 2.45) is 0 Å². The van der Waals surface area contributed by atoms with Crippen LogP contribution in [0.3, 0.4) is 0 Å². The van der Waals surface area contributed by atoms with E-state index in [2.05, 4.69) is 24.5 Å². The molecule has 4 rings (SSSR count). The number of hydrogen-bond acceptors (Lipinski definition) is 7. The number of amides is 1. The van der Waals surface area contributed by atoms with Crippen LogP contribution in [0.2, 0.25) is 0 Å². The first-order chi connectivity index (χ1) is 14.5. The number of benzene rings is 1. The third kappa shape index (κ3) is 3.66. The largest absolute Gasteiger partial charge is 0.465 e. The molecular weight excluding hydrogens is 416 g/mol. The molecule has 0 saturated carbocycles. The van der Waals surface area contributed by atoms with E-state index in [1.165, 1.54) is 18.4 Å². The Hall–Kier alpha value is -2.97. The lowest BCUT2D eigenvalue weighted by Gasteiger charge is -2.42.